The zero-order chi connectivity index (χ0) is 11.0. The van der Waals surface area contributed by atoms with Gasteiger partial charge in [0.05, 0.1) is 0 Å². The maximum atomic E-state index is 2.60. The number of piperidine rings is 1. The van der Waals surface area contributed by atoms with Gasteiger partial charge in [0, 0.05) is 6.54 Å². The molecule has 14 heavy (non-hydrogen) atoms. The van der Waals surface area contributed by atoms with Gasteiger partial charge in [0.1, 0.15) is 0 Å². The summed E-state index contributed by atoms with van der Waals surface area (Å²) in [7, 11) is 0. The summed E-state index contributed by atoms with van der Waals surface area (Å²) in [6.45, 7) is 14.9. The fraction of sp³-hybridized carbons (Fsp3) is 1.00. The topological polar surface area (TPSA) is 3.24 Å². The minimum Gasteiger partial charge on any atom is -0.303 e. The van der Waals surface area contributed by atoms with Crippen LogP contribution in [0.5, 0.6) is 0 Å². The molecule has 86 valence electrons. The molecule has 0 saturated carbocycles. The molecule has 1 heterocycles. The predicted molar refractivity (Wildman–Crippen MR) is 65.6 cm³/mol. The van der Waals surface area contributed by atoms with E-state index in [2.05, 4.69) is 25.7 Å². The van der Waals surface area contributed by atoms with Crippen molar-refractivity contribution in [1.29, 1.82) is 0 Å². The summed E-state index contributed by atoms with van der Waals surface area (Å²) in [5, 5.41) is 0. The largest absolute Gasteiger partial charge is 0.303 e. The molecule has 1 heteroatoms. The third kappa shape index (κ3) is 4.45. The average Bonchev–Trinajstić information content (AvgIpc) is 2.30. The first-order valence-corrected chi connectivity index (χ1v) is 6.50. The minimum absolute atomic E-state index is 0.930. The summed E-state index contributed by atoms with van der Waals surface area (Å²) in [5.74, 6) is 1.91. The fourth-order valence-electron chi connectivity index (χ4n) is 2.18. The summed E-state index contributed by atoms with van der Waals surface area (Å²) in [5.41, 5.74) is 0. The second-order valence-electron chi connectivity index (χ2n) is 4.18. The van der Waals surface area contributed by atoms with E-state index in [1.807, 2.05) is 13.8 Å². The third-order valence-electron chi connectivity index (χ3n) is 3.44. The first-order valence-electron chi connectivity index (χ1n) is 6.50. The zero-order valence-corrected chi connectivity index (χ0v) is 10.8. The van der Waals surface area contributed by atoms with Crippen LogP contribution in [0.3, 0.4) is 0 Å². The van der Waals surface area contributed by atoms with E-state index >= 15 is 0 Å². The van der Waals surface area contributed by atoms with Crippen molar-refractivity contribution in [2.45, 2.75) is 53.9 Å². The van der Waals surface area contributed by atoms with Crippen molar-refractivity contribution >= 4 is 0 Å². The molecular formula is C13H29N. The molecule has 0 amide bonds. The highest BCUT2D eigenvalue weighted by molar-refractivity contribution is 4.75. The first-order chi connectivity index (χ1) is 6.77. The van der Waals surface area contributed by atoms with Crippen molar-refractivity contribution in [3.8, 4) is 0 Å². The Morgan fingerprint density at radius 1 is 1.29 bits per heavy atom. The molecule has 0 spiro atoms. The first kappa shape index (κ1) is 14.0. The van der Waals surface area contributed by atoms with E-state index < -0.39 is 0 Å². The Labute approximate surface area is 90.9 Å². The summed E-state index contributed by atoms with van der Waals surface area (Å²) in [4.78, 5) is 2.60. The summed E-state index contributed by atoms with van der Waals surface area (Å²) in [6, 6.07) is 0. The summed E-state index contributed by atoms with van der Waals surface area (Å²) < 4.78 is 0. The summed E-state index contributed by atoms with van der Waals surface area (Å²) in [6.07, 6.45) is 4.23. The van der Waals surface area contributed by atoms with Crippen LogP contribution in [-0.4, -0.2) is 24.5 Å². The number of nitrogens with zero attached hydrogens (tertiary/aromatic N) is 1. The van der Waals surface area contributed by atoms with Crippen LogP contribution in [0, 0.1) is 11.8 Å². The molecule has 1 saturated heterocycles. The van der Waals surface area contributed by atoms with Crippen LogP contribution < -0.4 is 0 Å². The molecule has 0 radical (unpaired) electrons. The molecule has 1 rings (SSSR count). The van der Waals surface area contributed by atoms with E-state index in [1.165, 1.54) is 38.9 Å². The second kappa shape index (κ2) is 8.28. The van der Waals surface area contributed by atoms with Crippen LogP contribution in [0.4, 0.5) is 0 Å². The molecule has 1 fully saturated rings. The van der Waals surface area contributed by atoms with Crippen molar-refractivity contribution in [2.75, 3.05) is 19.6 Å². The lowest BCUT2D eigenvalue weighted by molar-refractivity contribution is 0.144. The van der Waals surface area contributed by atoms with Gasteiger partial charge in [0.15, 0.2) is 0 Å². The molecule has 0 bridgehead atoms. The van der Waals surface area contributed by atoms with E-state index in [4.69, 9.17) is 0 Å². The molecule has 0 aromatic rings. The average molecular weight is 199 g/mol. The molecule has 1 aliphatic rings. The SMILES string of the molecule is CC.CCC(C)C1CCCN(CC)C1. The highest BCUT2D eigenvalue weighted by Crippen LogP contribution is 2.25. The number of hydrogen-bond acceptors (Lipinski definition) is 1. The van der Waals surface area contributed by atoms with Gasteiger partial charge in [-0.15, -0.1) is 0 Å². The minimum atomic E-state index is 0.930. The molecule has 1 aliphatic heterocycles. The molecular weight excluding hydrogens is 170 g/mol. The van der Waals surface area contributed by atoms with E-state index in [-0.39, 0.29) is 0 Å². The maximum absolute atomic E-state index is 2.60. The monoisotopic (exact) mass is 199 g/mol. The van der Waals surface area contributed by atoms with Crippen molar-refractivity contribution in [3.63, 3.8) is 0 Å². The predicted octanol–water partition coefficient (Wildman–Crippen LogP) is 3.79. The van der Waals surface area contributed by atoms with E-state index in [9.17, 15) is 0 Å². The standard InChI is InChI=1S/C11H23N.C2H6/c1-4-10(3)11-7-6-8-12(5-2)9-11;1-2/h10-11H,4-9H2,1-3H3;1-2H3. The second-order valence-corrected chi connectivity index (χ2v) is 4.18. The highest BCUT2D eigenvalue weighted by atomic mass is 15.1. The van der Waals surface area contributed by atoms with Crippen LogP contribution in [0.2, 0.25) is 0 Å². The molecule has 1 nitrogen and oxygen atoms in total. The van der Waals surface area contributed by atoms with Gasteiger partial charge >= 0.3 is 0 Å². The molecule has 0 N–H and O–H groups in total. The van der Waals surface area contributed by atoms with E-state index in [0.29, 0.717) is 0 Å². The van der Waals surface area contributed by atoms with Gasteiger partial charge in [-0.3, -0.25) is 0 Å². The van der Waals surface area contributed by atoms with Crippen LogP contribution in [0.15, 0.2) is 0 Å². The Hall–Kier alpha value is -0.0400. The van der Waals surface area contributed by atoms with Crippen molar-refractivity contribution < 1.29 is 0 Å². The van der Waals surface area contributed by atoms with Crippen LogP contribution in [0.1, 0.15) is 53.9 Å². The number of likely N-dealkylation sites (tertiary alicyclic amines) is 1. The van der Waals surface area contributed by atoms with E-state index in [1.54, 1.807) is 0 Å². The Morgan fingerprint density at radius 2 is 1.93 bits per heavy atom. The molecule has 0 aromatic heterocycles. The lowest BCUT2D eigenvalue weighted by Gasteiger charge is -2.34. The van der Waals surface area contributed by atoms with Gasteiger partial charge in [0.25, 0.3) is 0 Å². The van der Waals surface area contributed by atoms with Crippen LogP contribution >= 0.6 is 0 Å². The third-order valence-corrected chi connectivity index (χ3v) is 3.44. The van der Waals surface area contributed by atoms with Crippen molar-refractivity contribution in [1.82, 2.24) is 4.90 Å². The lowest BCUT2D eigenvalue weighted by Crippen LogP contribution is -2.37. The Morgan fingerprint density at radius 3 is 2.43 bits per heavy atom. The number of hydrogen-bond donors (Lipinski definition) is 0. The van der Waals surface area contributed by atoms with Crippen LogP contribution in [0.25, 0.3) is 0 Å². The van der Waals surface area contributed by atoms with Crippen molar-refractivity contribution in [2.24, 2.45) is 11.8 Å². The normalized spacial score (nSPS) is 25.1. The van der Waals surface area contributed by atoms with Gasteiger partial charge in [-0.1, -0.05) is 41.0 Å². The Balaban J connectivity index is 0.000000791. The zero-order valence-electron chi connectivity index (χ0n) is 10.8. The molecule has 0 aromatic carbocycles. The smallest absolute Gasteiger partial charge is 0.00121 e. The lowest BCUT2D eigenvalue weighted by atomic mass is 9.85. The van der Waals surface area contributed by atoms with Gasteiger partial charge in [-0.2, -0.15) is 0 Å². The number of rotatable bonds is 3. The van der Waals surface area contributed by atoms with E-state index in [0.717, 1.165) is 11.8 Å². The van der Waals surface area contributed by atoms with Gasteiger partial charge < -0.3 is 4.90 Å². The quantitative estimate of drug-likeness (QED) is 0.668. The Kier molecular flexibility index (Phi) is 8.26. The summed E-state index contributed by atoms with van der Waals surface area (Å²) >= 11 is 0. The molecule has 0 aliphatic carbocycles. The molecule has 2 unspecified atom stereocenters. The molecule has 2 atom stereocenters. The maximum Gasteiger partial charge on any atom is 0.00121 e. The van der Waals surface area contributed by atoms with Gasteiger partial charge in [0.2, 0.25) is 0 Å². The Bertz CT molecular complexity index is 120. The van der Waals surface area contributed by atoms with Gasteiger partial charge in [-0.05, 0) is 37.8 Å². The van der Waals surface area contributed by atoms with Crippen molar-refractivity contribution in [3.05, 3.63) is 0 Å². The fourth-order valence-corrected chi connectivity index (χ4v) is 2.18. The van der Waals surface area contributed by atoms with Crippen LogP contribution in [-0.2, 0) is 0 Å². The highest BCUT2D eigenvalue weighted by Gasteiger charge is 2.22. The van der Waals surface area contributed by atoms with Gasteiger partial charge in [-0.25, -0.2) is 0 Å².